The molecule has 41 heavy (non-hydrogen) atoms. The van der Waals surface area contributed by atoms with E-state index < -0.39 is 10.0 Å². The predicted octanol–water partition coefficient (Wildman–Crippen LogP) is 6.28. The molecule has 3 aromatic carbocycles. The maximum atomic E-state index is 13.5. The first kappa shape index (κ1) is 28.9. The molecule has 0 saturated carbocycles. The first-order valence-electron chi connectivity index (χ1n) is 13.3. The first-order valence-corrected chi connectivity index (χ1v) is 15.9. The van der Waals surface area contributed by atoms with Gasteiger partial charge in [0, 0.05) is 30.4 Å². The highest BCUT2D eigenvalue weighted by Crippen LogP contribution is 2.36. The number of aryl methyl sites for hydroxylation is 1. The maximum Gasteiger partial charge on any atom is 0.266 e. The molecule has 2 heterocycles. The molecule has 1 fully saturated rings. The van der Waals surface area contributed by atoms with Gasteiger partial charge in [-0.1, -0.05) is 98.0 Å². The van der Waals surface area contributed by atoms with E-state index in [0.29, 0.717) is 45.7 Å². The largest absolute Gasteiger partial charge is 0.288 e. The Morgan fingerprint density at radius 1 is 0.976 bits per heavy atom. The van der Waals surface area contributed by atoms with Crippen LogP contribution in [0.3, 0.4) is 0 Å². The Balaban J connectivity index is 1.55. The lowest BCUT2D eigenvalue weighted by Gasteiger charge is -2.18. The number of thiocarbonyl (C=S) groups is 1. The van der Waals surface area contributed by atoms with Crippen molar-refractivity contribution in [2.24, 2.45) is 0 Å². The Labute approximate surface area is 250 Å². The number of amides is 1. The van der Waals surface area contributed by atoms with Gasteiger partial charge in [0.05, 0.1) is 22.0 Å². The first-order chi connectivity index (χ1) is 19.7. The second-order valence-corrected chi connectivity index (χ2v) is 13.2. The van der Waals surface area contributed by atoms with Crippen LogP contribution in [0.15, 0.2) is 94.9 Å². The molecule has 0 aliphatic carbocycles. The summed E-state index contributed by atoms with van der Waals surface area (Å²) in [6.45, 7) is 6.81. The second-order valence-electron chi connectivity index (χ2n) is 9.58. The second kappa shape index (κ2) is 12.1. The number of thioether (sulfide) groups is 1. The van der Waals surface area contributed by atoms with Crippen molar-refractivity contribution in [2.75, 3.05) is 13.1 Å². The van der Waals surface area contributed by atoms with E-state index in [0.717, 1.165) is 16.8 Å². The zero-order valence-electron chi connectivity index (χ0n) is 23.0. The smallest absolute Gasteiger partial charge is 0.266 e. The summed E-state index contributed by atoms with van der Waals surface area (Å²) in [5.74, 6) is -0.170. The highest BCUT2D eigenvalue weighted by molar-refractivity contribution is 8.26. The van der Waals surface area contributed by atoms with E-state index >= 15 is 0 Å². The van der Waals surface area contributed by atoms with Crippen LogP contribution in [0.25, 0.3) is 23.0 Å². The van der Waals surface area contributed by atoms with Crippen molar-refractivity contribution in [1.29, 1.82) is 0 Å². The number of para-hydroxylation sites is 1. The van der Waals surface area contributed by atoms with Gasteiger partial charge in [-0.15, -0.1) is 0 Å². The fraction of sp³-hybridized carbons (Fsp3) is 0.194. The van der Waals surface area contributed by atoms with E-state index in [-0.39, 0.29) is 10.8 Å². The SMILES string of the molecule is CCN(CC)S(=O)(=O)c1cccc(-c2nn(-c3ccccc3)cc2/C=C2\SC(=S)N(Cc3ccc(C)cc3)C2=O)c1. The Morgan fingerprint density at radius 2 is 1.68 bits per heavy atom. The predicted molar refractivity (Wildman–Crippen MR) is 169 cm³/mol. The highest BCUT2D eigenvalue weighted by Gasteiger charge is 2.32. The van der Waals surface area contributed by atoms with Gasteiger partial charge in [0.15, 0.2) is 0 Å². The number of rotatable bonds is 9. The van der Waals surface area contributed by atoms with Crippen LogP contribution in [-0.2, 0) is 21.4 Å². The van der Waals surface area contributed by atoms with E-state index in [4.69, 9.17) is 17.3 Å². The average Bonchev–Trinajstić information content (AvgIpc) is 3.51. The lowest BCUT2D eigenvalue weighted by Crippen LogP contribution is -2.30. The minimum atomic E-state index is -3.67. The number of sulfonamides is 1. The number of hydrogen-bond donors (Lipinski definition) is 0. The van der Waals surface area contributed by atoms with Crippen LogP contribution in [0, 0.1) is 6.92 Å². The Bertz CT molecular complexity index is 1730. The van der Waals surface area contributed by atoms with Gasteiger partial charge in [0.1, 0.15) is 10.0 Å². The number of carbonyl (C=O) groups excluding carboxylic acids is 1. The third-order valence-corrected chi connectivity index (χ3v) is 10.3. The van der Waals surface area contributed by atoms with Crippen molar-refractivity contribution in [3.8, 4) is 16.9 Å². The van der Waals surface area contributed by atoms with E-state index in [9.17, 15) is 13.2 Å². The van der Waals surface area contributed by atoms with Gasteiger partial charge in [-0.2, -0.15) is 9.40 Å². The fourth-order valence-electron chi connectivity index (χ4n) is 4.60. The Morgan fingerprint density at radius 3 is 2.37 bits per heavy atom. The van der Waals surface area contributed by atoms with Gasteiger partial charge in [0.25, 0.3) is 5.91 Å². The van der Waals surface area contributed by atoms with Gasteiger partial charge in [0.2, 0.25) is 10.0 Å². The summed E-state index contributed by atoms with van der Waals surface area (Å²) >= 11 is 6.84. The quantitative estimate of drug-likeness (QED) is 0.166. The van der Waals surface area contributed by atoms with Crippen LogP contribution in [0.2, 0.25) is 0 Å². The van der Waals surface area contributed by atoms with Gasteiger partial charge in [-0.3, -0.25) is 9.69 Å². The molecular formula is C31H30N4O3S3. The molecule has 0 atom stereocenters. The van der Waals surface area contributed by atoms with Crippen molar-refractivity contribution >= 4 is 50.3 Å². The molecule has 1 aliphatic rings. The van der Waals surface area contributed by atoms with Gasteiger partial charge >= 0.3 is 0 Å². The summed E-state index contributed by atoms with van der Waals surface area (Å²) in [4.78, 5) is 15.8. The number of benzene rings is 3. The third-order valence-electron chi connectivity index (χ3n) is 6.84. The molecule has 5 rings (SSSR count). The standard InChI is InChI=1S/C31H30N4O3S3/c1-4-33(5-2)41(37,38)27-13-9-10-24(18-27)29-25(21-35(32-29)26-11-7-6-8-12-26)19-28-30(36)34(31(39)40-28)20-23-16-14-22(3)15-17-23/h6-19,21H,4-5,20H2,1-3H3/b28-19-. The summed E-state index contributed by atoms with van der Waals surface area (Å²) in [5.41, 5.74) is 4.87. The summed E-state index contributed by atoms with van der Waals surface area (Å²) in [5, 5.41) is 4.84. The molecule has 210 valence electrons. The van der Waals surface area contributed by atoms with Gasteiger partial charge in [-0.25, -0.2) is 13.1 Å². The van der Waals surface area contributed by atoms with Crippen molar-refractivity contribution in [3.63, 3.8) is 0 Å². The molecule has 0 spiro atoms. The molecule has 0 N–H and O–H groups in total. The minimum absolute atomic E-state index is 0.170. The van der Waals surface area contributed by atoms with E-state index in [1.54, 1.807) is 33.9 Å². The van der Waals surface area contributed by atoms with E-state index in [2.05, 4.69) is 0 Å². The van der Waals surface area contributed by atoms with Crippen LogP contribution >= 0.6 is 24.0 Å². The lowest BCUT2D eigenvalue weighted by atomic mass is 10.1. The van der Waals surface area contributed by atoms with E-state index in [1.165, 1.54) is 16.1 Å². The van der Waals surface area contributed by atoms with Crippen molar-refractivity contribution < 1.29 is 13.2 Å². The fourth-order valence-corrected chi connectivity index (χ4v) is 7.35. The van der Waals surface area contributed by atoms with Crippen LogP contribution < -0.4 is 0 Å². The maximum absolute atomic E-state index is 13.5. The normalized spacial score (nSPS) is 14.9. The average molecular weight is 603 g/mol. The summed E-state index contributed by atoms with van der Waals surface area (Å²) < 4.78 is 30.2. The van der Waals surface area contributed by atoms with Crippen LogP contribution in [0.1, 0.15) is 30.5 Å². The molecule has 0 unspecified atom stereocenters. The van der Waals surface area contributed by atoms with Crippen molar-refractivity contribution in [3.05, 3.63) is 107 Å². The molecule has 1 amide bonds. The zero-order valence-corrected chi connectivity index (χ0v) is 25.5. The number of aromatic nitrogens is 2. The molecule has 1 aliphatic heterocycles. The monoisotopic (exact) mass is 602 g/mol. The molecule has 1 aromatic heterocycles. The topological polar surface area (TPSA) is 75.5 Å². The third kappa shape index (κ3) is 6.06. The molecule has 10 heteroatoms. The summed E-state index contributed by atoms with van der Waals surface area (Å²) in [6.07, 6.45) is 3.64. The van der Waals surface area contributed by atoms with E-state index in [1.807, 2.05) is 87.6 Å². The molecular weight excluding hydrogens is 573 g/mol. The van der Waals surface area contributed by atoms with Crippen molar-refractivity contribution in [1.82, 2.24) is 19.0 Å². The molecule has 4 aromatic rings. The molecule has 0 radical (unpaired) electrons. The Kier molecular flexibility index (Phi) is 8.55. The van der Waals surface area contributed by atoms with Crippen LogP contribution in [0.4, 0.5) is 0 Å². The molecule has 0 bridgehead atoms. The van der Waals surface area contributed by atoms with Gasteiger partial charge < -0.3 is 0 Å². The lowest BCUT2D eigenvalue weighted by molar-refractivity contribution is -0.122. The highest BCUT2D eigenvalue weighted by atomic mass is 32.2. The molecule has 7 nitrogen and oxygen atoms in total. The summed E-state index contributed by atoms with van der Waals surface area (Å²) in [7, 11) is -3.67. The zero-order chi connectivity index (χ0) is 29.1. The minimum Gasteiger partial charge on any atom is -0.288 e. The van der Waals surface area contributed by atoms with Gasteiger partial charge in [-0.05, 0) is 42.8 Å². The summed E-state index contributed by atoms with van der Waals surface area (Å²) in [6, 6.07) is 24.5. The number of nitrogens with zero attached hydrogens (tertiary/aromatic N) is 4. The van der Waals surface area contributed by atoms with Crippen LogP contribution in [0.5, 0.6) is 0 Å². The van der Waals surface area contributed by atoms with Crippen LogP contribution in [-0.4, -0.2) is 50.7 Å². The number of carbonyl (C=O) groups is 1. The Hall–Kier alpha value is -3.57. The van der Waals surface area contributed by atoms with Crippen molar-refractivity contribution in [2.45, 2.75) is 32.2 Å². The molecule has 1 saturated heterocycles. The number of hydrogen-bond acceptors (Lipinski definition) is 6.